The van der Waals surface area contributed by atoms with Crippen molar-refractivity contribution in [2.24, 2.45) is 5.73 Å². The first kappa shape index (κ1) is 13.5. The van der Waals surface area contributed by atoms with E-state index in [1.807, 2.05) is 18.3 Å². The SMILES string of the molecule is COc1cc(-n2cc(CCN)nn2)c(Br)cc1Br. The highest BCUT2D eigenvalue weighted by Gasteiger charge is 2.10. The Labute approximate surface area is 122 Å². The molecule has 0 fully saturated rings. The summed E-state index contributed by atoms with van der Waals surface area (Å²) in [5.74, 6) is 0.740. The molecule has 96 valence electrons. The summed E-state index contributed by atoms with van der Waals surface area (Å²) in [5, 5.41) is 8.14. The van der Waals surface area contributed by atoms with Gasteiger partial charge in [-0.15, -0.1) is 5.10 Å². The Hall–Kier alpha value is -0.920. The van der Waals surface area contributed by atoms with Gasteiger partial charge >= 0.3 is 0 Å². The number of aromatic nitrogens is 3. The number of hydrogen-bond donors (Lipinski definition) is 1. The second kappa shape index (κ2) is 5.81. The predicted octanol–water partition coefficient (Wildman–Crippen LogP) is 2.30. The highest BCUT2D eigenvalue weighted by molar-refractivity contribution is 9.11. The van der Waals surface area contributed by atoms with Crippen LogP contribution in [0.1, 0.15) is 5.69 Å². The van der Waals surface area contributed by atoms with Gasteiger partial charge in [0.25, 0.3) is 0 Å². The van der Waals surface area contributed by atoms with Crippen LogP contribution in [0.15, 0.2) is 27.3 Å². The zero-order valence-corrected chi connectivity index (χ0v) is 12.9. The first-order chi connectivity index (χ1) is 8.65. The van der Waals surface area contributed by atoms with Gasteiger partial charge in [0.1, 0.15) is 5.75 Å². The average molecular weight is 376 g/mol. The third-order valence-electron chi connectivity index (χ3n) is 2.41. The molecule has 18 heavy (non-hydrogen) atoms. The molecule has 1 aromatic heterocycles. The molecule has 1 heterocycles. The van der Waals surface area contributed by atoms with Gasteiger partial charge in [-0.1, -0.05) is 5.21 Å². The summed E-state index contributed by atoms with van der Waals surface area (Å²) >= 11 is 6.92. The fourth-order valence-electron chi connectivity index (χ4n) is 1.53. The van der Waals surface area contributed by atoms with Gasteiger partial charge in [0.15, 0.2) is 0 Å². The van der Waals surface area contributed by atoms with Crippen LogP contribution in [0.3, 0.4) is 0 Å². The average Bonchev–Trinajstić information content (AvgIpc) is 2.78. The van der Waals surface area contributed by atoms with E-state index in [2.05, 4.69) is 42.2 Å². The zero-order valence-electron chi connectivity index (χ0n) is 9.73. The Morgan fingerprint density at radius 2 is 2.11 bits per heavy atom. The minimum absolute atomic E-state index is 0.559. The van der Waals surface area contributed by atoms with Crippen molar-refractivity contribution < 1.29 is 4.74 Å². The summed E-state index contributed by atoms with van der Waals surface area (Å²) in [6, 6.07) is 3.80. The molecule has 2 N–H and O–H groups in total. The lowest BCUT2D eigenvalue weighted by Crippen LogP contribution is -2.02. The van der Waals surface area contributed by atoms with Crippen LogP contribution in [0.2, 0.25) is 0 Å². The molecule has 0 unspecified atom stereocenters. The van der Waals surface area contributed by atoms with Crippen molar-refractivity contribution in [2.45, 2.75) is 6.42 Å². The summed E-state index contributed by atoms with van der Waals surface area (Å²) in [4.78, 5) is 0. The molecule has 0 amide bonds. The molecule has 0 aliphatic heterocycles. The van der Waals surface area contributed by atoms with Crippen LogP contribution in [-0.2, 0) is 6.42 Å². The Kier molecular flexibility index (Phi) is 4.36. The van der Waals surface area contributed by atoms with Crippen molar-refractivity contribution in [3.8, 4) is 11.4 Å². The second-order valence-corrected chi connectivity index (χ2v) is 5.34. The van der Waals surface area contributed by atoms with Crippen molar-refractivity contribution >= 4 is 31.9 Å². The number of nitrogens with zero attached hydrogens (tertiary/aromatic N) is 3. The summed E-state index contributed by atoms with van der Waals surface area (Å²) in [5.41, 5.74) is 7.22. The lowest BCUT2D eigenvalue weighted by atomic mass is 10.3. The lowest BCUT2D eigenvalue weighted by molar-refractivity contribution is 0.411. The largest absolute Gasteiger partial charge is 0.495 e. The van der Waals surface area contributed by atoms with Gasteiger partial charge in [-0.05, 0) is 44.5 Å². The van der Waals surface area contributed by atoms with E-state index >= 15 is 0 Å². The Morgan fingerprint density at radius 3 is 2.78 bits per heavy atom. The maximum absolute atomic E-state index is 5.49. The Bertz CT molecular complexity index is 556. The van der Waals surface area contributed by atoms with Crippen molar-refractivity contribution in [3.05, 3.63) is 33.0 Å². The Balaban J connectivity index is 2.42. The van der Waals surface area contributed by atoms with E-state index in [1.165, 1.54) is 0 Å². The highest BCUT2D eigenvalue weighted by atomic mass is 79.9. The molecule has 0 saturated heterocycles. The van der Waals surface area contributed by atoms with Crippen LogP contribution in [0, 0.1) is 0 Å². The van der Waals surface area contributed by atoms with Gasteiger partial charge in [-0.25, -0.2) is 4.68 Å². The van der Waals surface area contributed by atoms with E-state index in [1.54, 1.807) is 11.8 Å². The molecule has 0 bridgehead atoms. The molecule has 0 aliphatic rings. The highest BCUT2D eigenvalue weighted by Crippen LogP contribution is 2.33. The summed E-state index contributed by atoms with van der Waals surface area (Å²) < 4.78 is 8.75. The third kappa shape index (κ3) is 2.73. The van der Waals surface area contributed by atoms with Crippen molar-refractivity contribution in [1.82, 2.24) is 15.0 Å². The van der Waals surface area contributed by atoms with Crippen LogP contribution in [0.25, 0.3) is 5.69 Å². The van der Waals surface area contributed by atoms with Gasteiger partial charge in [-0.2, -0.15) is 0 Å². The van der Waals surface area contributed by atoms with Crippen molar-refractivity contribution in [3.63, 3.8) is 0 Å². The van der Waals surface area contributed by atoms with Crippen LogP contribution < -0.4 is 10.5 Å². The molecule has 0 saturated carbocycles. The quantitative estimate of drug-likeness (QED) is 0.890. The monoisotopic (exact) mass is 374 g/mol. The molecule has 0 radical (unpaired) electrons. The third-order valence-corrected chi connectivity index (χ3v) is 3.66. The molecule has 2 aromatic rings. The normalized spacial score (nSPS) is 10.7. The first-order valence-electron chi connectivity index (χ1n) is 5.30. The van der Waals surface area contributed by atoms with E-state index in [0.29, 0.717) is 13.0 Å². The maximum Gasteiger partial charge on any atom is 0.135 e. The maximum atomic E-state index is 5.49. The van der Waals surface area contributed by atoms with Gasteiger partial charge in [0.05, 0.1) is 29.2 Å². The molecule has 0 spiro atoms. The number of nitrogens with two attached hydrogens (primary N) is 1. The smallest absolute Gasteiger partial charge is 0.135 e. The van der Waals surface area contributed by atoms with Crippen molar-refractivity contribution in [2.75, 3.05) is 13.7 Å². The van der Waals surface area contributed by atoms with Crippen LogP contribution >= 0.6 is 31.9 Å². The number of halogens is 2. The molecule has 2 rings (SSSR count). The van der Waals surface area contributed by atoms with E-state index in [9.17, 15) is 0 Å². The number of hydrogen-bond acceptors (Lipinski definition) is 4. The minimum Gasteiger partial charge on any atom is -0.495 e. The van der Waals surface area contributed by atoms with Crippen LogP contribution in [-0.4, -0.2) is 28.6 Å². The van der Waals surface area contributed by atoms with Gasteiger partial charge in [0.2, 0.25) is 0 Å². The molecule has 0 atom stereocenters. The summed E-state index contributed by atoms with van der Waals surface area (Å²) in [7, 11) is 1.62. The minimum atomic E-state index is 0.559. The first-order valence-corrected chi connectivity index (χ1v) is 6.89. The van der Waals surface area contributed by atoms with E-state index < -0.39 is 0 Å². The van der Waals surface area contributed by atoms with E-state index in [0.717, 1.165) is 26.1 Å². The fraction of sp³-hybridized carbons (Fsp3) is 0.273. The van der Waals surface area contributed by atoms with Gasteiger partial charge in [0, 0.05) is 17.0 Å². The number of methoxy groups -OCH3 is 1. The fourth-order valence-corrected chi connectivity index (χ4v) is 2.87. The van der Waals surface area contributed by atoms with E-state index in [-0.39, 0.29) is 0 Å². The van der Waals surface area contributed by atoms with Crippen molar-refractivity contribution in [1.29, 1.82) is 0 Å². The standard InChI is InChI=1S/C11H12Br2N4O/c1-18-11-5-10(8(12)4-9(11)13)17-6-7(2-3-14)15-16-17/h4-6H,2-3,14H2,1H3. The molecule has 7 heteroatoms. The molecule has 0 aliphatic carbocycles. The molecular weight excluding hydrogens is 364 g/mol. The topological polar surface area (TPSA) is 66.0 Å². The Morgan fingerprint density at radius 1 is 1.33 bits per heavy atom. The summed E-state index contributed by atoms with van der Waals surface area (Å²) in [6.45, 7) is 0.559. The van der Waals surface area contributed by atoms with Crippen LogP contribution in [0.4, 0.5) is 0 Å². The molecular formula is C11H12Br2N4O. The number of rotatable bonds is 4. The van der Waals surface area contributed by atoms with Gasteiger partial charge < -0.3 is 10.5 Å². The summed E-state index contributed by atoms with van der Waals surface area (Å²) in [6.07, 6.45) is 2.57. The molecule has 5 nitrogen and oxygen atoms in total. The lowest BCUT2D eigenvalue weighted by Gasteiger charge is -2.08. The van der Waals surface area contributed by atoms with Crippen LogP contribution in [0.5, 0.6) is 5.75 Å². The zero-order chi connectivity index (χ0) is 13.1. The molecule has 1 aromatic carbocycles. The predicted molar refractivity (Wildman–Crippen MR) is 76.1 cm³/mol. The number of benzene rings is 1. The second-order valence-electron chi connectivity index (χ2n) is 3.63. The number of ether oxygens (including phenoxy) is 1. The van der Waals surface area contributed by atoms with E-state index in [4.69, 9.17) is 10.5 Å². The van der Waals surface area contributed by atoms with Gasteiger partial charge in [-0.3, -0.25) is 0 Å².